The van der Waals surface area contributed by atoms with E-state index in [0.29, 0.717) is 0 Å². The molecule has 0 unspecified atom stereocenters. The fourth-order valence-electron chi connectivity index (χ4n) is 3.93. The average Bonchev–Trinajstić information content (AvgIpc) is 2.86. The SMILES string of the molecule is Cc1cccc(CN2C[C@H]3CN(CCN(C)C)CC[C@H]3C2)n1. The maximum atomic E-state index is 4.66. The van der Waals surface area contributed by atoms with Crippen molar-refractivity contribution in [1.82, 2.24) is 19.7 Å². The van der Waals surface area contributed by atoms with Crippen molar-refractivity contribution in [2.75, 3.05) is 53.4 Å². The van der Waals surface area contributed by atoms with E-state index < -0.39 is 0 Å². The second-order valence-electron chi connectivity index (χ2n) is 7.38. The second-order valence-corrected chi connectivity index (χ2v) is 7.38. The summed E-state index contributed by atoms with van der Waals surface area (Å²) in [7, 11) is 4.33. The lowest BCUT2D eigenvalue weighted by atomic mass is 9.89. The third-order valence-electron chi connectivity index (χ3n) is 5.16. The molecule has 1 aromatic rings. The van der Waals surface area contributed by atoms with Crippen molar-refractivity contribution in [3.8, 4) is 0 Å². The van der Waals surface area contributed by atoms with E-state index in [9.17, 15) is 0 Å². The van der Waals surface area contributed by atoms with Gasteiger partial charge < -0.3 is 9.80 Å². The minimum absolute atomic E-state index is 0.862. The van der Waals surface area contributed by atoms with Crippen molar-refractivity contribution in [1.29, 1.82) is 0 Å². The smallest absolute Gasteiger partial charge is 0.0547 e. The molecule has 2 fully saturated rings. The number of nitrogens with zero attached hydrogens (tertiary/aromatic N) is 4. The maximum Gasteiger partial charge on any atom is 0.0547 e. The van der Waals surface area contributed by atoms with Gasteiger partial charge in [0.15, 0.2) is 0 Å². The van der Waals surface area contributed by atoms with Crippen molar-refractivity contribution in [3.05, 3.63) is 29.6 Å². The molecular formula is C18H30N4. The molecule has 0 amide bonds. The van der Waals surface area contributed by atoms with Crippen LogP contribution in [0, 0.1) is 18.8 Å². The van der Waals surface area contributed by atoms with Gasteiger partial charge in [0.05, 0.1) is 5.69 Å². The zero-order valence-corrected chi connectivity index (χ0v) is 14.3. The van der Waals surface area contributed by atoms with Crippen molar-refractivity contribution in [2.45, 2.75) is 19.9 Å². The summed E-state index contributed by atoms with van der Waals surface area (Å²) in [6, 6.07) is 6.37. The molecule has 3 heterocycles. The first kappa shape index (κ1) is 15.9. The van der Waals surface area contributed by atoms with Gasteiger partial charge in [0.2, 0.25) is 0 Å². The van der Waals surface area contributed by atoms with Gasteiger partial charge in [-0.25, -0.2) is 0 Å². The van der Waals surface area contributed by atoms with Gasteiger partial charge in [-0.2, -0.15) is 0 Å². The number of aromatic nitrogens is 1. The molecule has 4 heteroatoms. The first-order valence-electron chi connectivity index (χ1n) is 8.62. The maximum absolute atomic E-state index is 4.66. The van der Waals surface area contributed by atoms with E-state index in [0.717, 1.165) is 24.1 Å². The Balaban J connectivity index is 1.51. The van der Waals surface area contributed by atoms with Gasteiger partial charge >= 0.3 is 0 Å². The molecule has 0 bridgehead atoms. The molecule has 2 saturated heterocycles. The lowest BCUT2D eigenvalue weighted by molar-refractivity contribution is 0.139. The summed E-state index contributed by atoms with van der Waals surface area (Å²) in [4.78, 5) is 12.2. The quantitative estimate of drug-likeness (QED) is 0.826. The Morgan fingerprint density at radius 1 is 1.14 bits per heavy atom. The van der Waals surface area contributed by atoms with Gasteiger partial charge in [-0.15, -0.1) is 0 Å². The third kappa shape index (κ3) is 4.06. The highest BCUT2D eigenvalue weighted by atomic mass is 15.2. The Bertz CT molecular complexity index is 488. The van der Waals surface area contributed by atoms with Crippen LogP contribution in [0.4, 0.5) is 0 Å². The Morgan fingerprint density at radius 3 is 2.68 bits per heavy atom. The van der Waals surface area contributed by atoms with Crippen LogP contribution in [0.5, 0.6) is 0 Å². The first-order valence-corrected chi connectivity index (χ1v) is 8.62. The average molecular weight is 302 g/mol. The van der Waals surface area contributed by atoms with E-state index in [2.05, 4.69) is 58.9 Å². The number of pyridine rings is 1. The summed E-state index contributed by atoms with van der Waals surface area (Å²) in [5.41, 5.74) is 2.35. The van der Waals surface area contributed by atoms with Crippen LogP contribution in [0.15, 0.2) is 18.2 Å². The van der Waals surface area contributed by atoms with Gasteiger partial charge in [-0.3, -0.25) is 9.88 Å². The van der Waals surface area contributed by atoms with E-state index in [-0.39, 0.29) is 0 Å². The predicted octanol–water partition coefficient (Wildman–Crippen LogP) is 1.71. The summed E-state index contributed by atoms with van der Waals surface area (Å²) < 4.78 is 0. The van der Waals surface area contributed by atoms with Crippen LogP contribution >= 0.6 is 0 Å². The molecule has 1 aromatic heterocycles. The highest BCUT2D eigenvalue weighted by Gasteiger charge is 2.36. The number of hydrogen-bond donors (Lipinski definition) is 0. The lowest BCUT2D eigenvalue weighted by Crippen LogP contribution is -2.42. The highest BCUT2D eigenvalue weighted by molar-refractivity contribution is 5.10. The van der Waals surface area contributed by atoms with Crippen molar-refractivity contribution in [2.24, 2.45) is 11.8 Å². The molecule has 2 aliphatic heterocycles. The van der Waals surface area contributed by atoms with Crippen LogP contribution in [-0.4, -0.2) is 73.0 Å². The third-order valence-corrected chi connectivity index (χ3v) is 5.16. The fourth-order valence-corrected chi connectivity index (χ4v) is 3.93. The standard InChI is InChI=1S/C18H30N4/c1-15-5-4-6-18(19-15)14-22-11-16-7-8-21(10-9-20(2)3)12-17(16)13-22/h4-6,16-17H,7-14H2,1-3H3/t16-,17+/m0/s1. The molecule has 0 spiro atoms. The minimum Gasteiger partial charge on any atom is -0.308 e. The molecule has 2 atom stereocenters. The molecule has 122 valence electrons. The van der Waals surface area contributed by atoms with Crippen LogP contribution in [0.2, 0.25) is 0 Å². The second kappa shape index (κ2) is 7.07. The molecule has 0 saturated carbocycles. The van der Waals surface area contributed by atoms with Crippen molar-refractivity contribution in [3.63, 3.8) is 0 Å². The summed E-state index contributed by atoms with van der Waals surface area (Å²) in [6.07, 6.45) is 1.37. The molecule has 0 aliphatic carbocycles. The Hall–Kier alpha value is -0.970. The van der Waals surface area contributed by atoms with Crippen LogP contribution in [0.1, 0.15) is 17.8 Å². The Kier molecular flexibility index (Phi) is 5.11. The van der Waals surface area contributed by atoms with Gasteiger partial charge in [0.25, 0.3) is 0 Å². The van der Waals surface area contributed by atoms with Gasteiger partial charge in [-0.05, 0) is 58.0 Å². The molecule has 22 heavy (non-hydrogen) atoms. The highest BCUT2D eigenvalue weighted by Crippen LogP contribution is 2.31. The molecule has 4 nitrogen and oxygen atoms in total. The molecule has 2 aliphatic rings. The largest absolute Gasteiger partial charge is 0.308 e. The van der Waals surface area contributed by atoms with E-state index in [1.165, 1.54) is 51.4 Å². The van der Waals surface area contributed by atoms with Crippen molar-refractivity contribution >= 4 is 0 Å². The number of hydrogen-bond acceptors (Lipinski definition) is 4. The van der Waals surface area contributed by atoms with Crippen molar-refractivity contribution < 1.29 is 0 Å². The van der Waals surface area contributed by atoms with Gasteiger partial charge in [0, 0.05) is 45.0 Å². The minimum atomic E-state index is 0.862. The summed E-state index contributed by atoms with van der Waals surface area (Å²) in [5, 5.41) is 0. The lowest BCUT2D eigenvalue weighted by Gasteiger charge is -2.34. The number of aryl methyl sites for hydroxylation is 1. The number of likely N-dealkylation sites (N-methyl/N-ethyl adjacent to an activating group) is 1. The monoisotopic (exact) mass is 302 g/mol. The van der Waals surface area contributed by atoms with E-state index in [1.54, 1.807) is 0 Å². The predicted molar refractivity (Wildman–Crippen MR) is 90.8 cm³/mol. The number of likely N-dealkylation sites (tertiary alicyclic amines) is 2. The summed E-state index contributed by atoms with van der Waals surface area (Å²) >= 11 is 0. The van der Waals surface area contributed by atoms with Crippen LogP contribution in [-0.2, 0) is 6.54 Å². The zero-order valence-electron chi connectivity index (χ0n) is 14.3. The van der Waals surface area contributed by atoms with E-state index in [4.69, 9.17) is 0 Å². The molecular weight excluding hydrogens is 272 g/mol. The fraction of sp³-hybridized carbons (Fsp3) is 0.722. The van der Waals surface area contributed by atoms with E-state index >= 15 is 0 Å². The molecule has 0 aromatic carbocycles. The summed E-state index contributed by atoms with van der Waals surface area (Å²) in [5.74, 6) is 1.76. The van der Waals surface area contributed by atoms with Crippen LogP contribution in [0.25, 0.3) is 0 Å². The Morgan fingerprint density at radius 2 is 1.91 bits per heavy atom. The van der Waals surface area contributed by atoms with Crippen LogP contribution < -0.4 is 0 Å². The molecule has 0 radical (unpaired) electrons. The number of fused-ring (bicyclic) bond motifs is 1. The zero-order chi connectivity index (χ0) is 15.5. The summed E-state index contributed by atoms with van der Waals surface area (Å²) in [6.45, 7) is 10.6. The molecule has 0 N–H and O–H groups in total. The Labute approximate surface area is 135 Å². The number of piperidine rings is 1. The van der Waals surface area contributed by atoms with Gasteiger partial charge in [-0.1, -0.05) is 6.07 Å². The van der Waals surface area contributed by atoms with Gasteiger partial charge in [0.1, 0.15) is 0 Å². The number of rotatable bonds is 5. The molecule has 3 rings (SSSR count). The normalized spacial score (nSPS) is 26.5. The van der Waals surface area contributed by atoms with E-state index in [1.807, 2.05) is 0 Å². The van der Waals surface area contributed by atoms with Crippen LogP contribution in [0.3, 0.4) is 0 Å². The topological polar surface area (TPSA) is 22.6 Å². The first-order chi connectivity index (χ1) is 10.6.